The van der Waals surface area contributed by atoms with Crippen molar-refractivity contribution < 1.29 is 18.8 Å². The number of nitrogens with zero attached hydrogens (tertiary/aromatic N) is 2. The zero-order valence-electron chi connectivity index (χ0n) is 16.4. The predicted octanol–water partition coefficient (Wildman–Crippen LogP) is 3.40. The number of hydrogen-bond donors (Lipinski definition) is 0. The van der Waals surface area contributed by atoms with Crippen molar-refractivity contribution in [3.8, 4) is 0 Å². The van der Waals surface area contributed by atoms with E-state index in [1.165, 1.54) is 11.3 Å². The number of amides is 2. The van der Waals surface area contributed by atoms with Crippen molar-refractivity contribution >= 4 is 28.9 Å². The van der Waals surface area contributed by atoms with Gasteiger partial charge in [-0.25, -0.2) is 0 Å². The van der Waals surface area contributed by atoms with E-state index < -0.39 is 0 Å². The van der Waals surface area contributed by atoms with Gasteiger partial charge in [0.2, 0.25) is 0 Å². The Bertz CT molecular complexity index is 934. The fraction of sp³-hybridized carbons (Fsp3) is 0.476. The molecule has 2 amide bonds. The SMILES string of the molecule is Cc1c(C(=O)N2CCN(C(=O)c3cccs3)CC2)oc2c1C(=O)CC(C)(C)C2. The molecule has 0 atom stereocenters. The fourth-order valence-electron chi connectivity index (χ4n) is 4.10. The molecule has 7 heteroatoms. The van der Waals surface area contributed by atoms with E-state index in [0.717, 1.165) is 4.88 Å². The molecule has 1 aliphatic carbocycles. The van der Waals surface area contributed by atoms with Crippen molar-refractivity contribution in [2.24, 2.45) is 5.41 Å². The third kappa shape index (κ3) is 3.28. The molecule has 2 aromatic heterocycles. The van der Waals surface area contributed by atoms with Gasteiger partial charge in [-0.05, 0) is 23.8 Å². The summed E-state index contributed by atoms with van der Waals surface area (Å²) in [6.45, 7) is 7.78. The highest BCUT2D eigenvalue weighted by Gasteiger charge is 2.38. The summed E-state index contributed by atoms with van der Waals surface area (Å²) in [5.74, 6) is 0.779. The number of hydrogen-bond acceptors (Lipinski definition) is 5. The summed E-state index contributed by atoms with van der Waals surface area (Å²) in [6, 6.07) is 3.68. The average molecular weight is 401 g/mol. The molecule has 2 aromatic rings. The Morgan fingerprint density at radius 3 is 2.32 bits per heavy atom. The van der Waals surface area contributed by atoms with Gasteiger partial charge in [-0.3, -0.25) is 14.4 Å². The van der Waals surface area contributed by atoms with Gasteiger partial charge in [0.05, 0.1) is 10.4 Å². The lowest BCUT2D eigenvalue weighted by molar-refractivity contribution is 0.0518. The molecule has 0 radical (unpaired) electrons. The summed E-state index contributed by atoms with van der Waals surface area (Å²) >= 11 is 1.43. The smallest absolute Gasteiger partial charge is 0.289 e. The van der Waals surface area contributed by atoms with Gasteiger partial charge in [-0.1, -0.05) is 19.9 Å². The Kier molecular flexibility index (Phi) is 4.65. The molecule has 3 heterocycles. The quantitative estimate of drug-likeness (QED) is 0.775. The van der Waals surface area contributed by atoms with Crippen molar-refractivity contribution in [1.29, 1.82) is 0 Å². The lowest BCUT2D eigenvalue weighted by Gasteiger charge is -2.34. The lowest BCUT2D eigenvalue weighted by atomic mass is 9.76. The first-order valence-corrected chi connectivity index (χ1v) is 10.4. The summed E-state index contributed by atoms with van der Waals surface area (Å²) < 4.78 is 5.90. The molecule has 6 nitrogen and oxygen atoms in total. The number of Topliss-reactive ketones (excluding diaryl/α,β-unsaturated/α-hetero) is 1. The van der Waals surface area contributed by atoms with E-state index in [2.05, 4.69) is 0 Å². The van der Waals surface area contributed by atoms with E-state index in [0.29, 0.717) is 55.9 Å². The van der Waals surface area contributed by atoms with Crippen LogP contribution in [-0.2, 0) is 6.42 Å². The molecule has 0 saturated carbocycles. The third-order valence-electron chi connectivity index (χ3n) is 5.56. The lowest BCUT2D eigenvalue weighted by Crippen LogP contribution is -2.50. The second kappa shape index (κ2) is 6.88. The molecule has 28 heavy (non-hydrogen) atoms. The Balaban J connectivity index is 1.48. The van der Waals surface area contributed by atoms with E-state index in [1.54, 1.807) is 16.7 Å². The van der Waals surface area contributed by atoms with Crippen LogP contribution >= 0.6 is 11.3 Å². The van der Waals surface area contributed by atoms with Crippen molar-refractivity contribution in [3.63, 3.8) is 0 Å². The minimum atomic E-state index is -0.194. The number of ketones is 1. The Morgan fingerprint density at radius 1 is 1.07 bits per heavy atom. The van der Waals surface area contributed by atoms with Crippen molar-refractivity contribution in [2.75, 3.05) is 26.2 Å². The van der Waals surface area contributed by atoms with Gasteiger partial charge in [0, 0.05) is 44.6 Å². The molecule has 1 saturated heterocycles. The summed E-state index contributed by atoms with van der Waals surface area (Å²) in [6.07, 6.45) is 1.13. The van der Waals surface area contributed by atoms with E-state index >= 15 is 0 Å². The van der Waals surface area contributed by atoms with Crippen LogP contribution in [0.4, 0.5) is 0 Å². The zero-order valence-corrected chi connectivity index (χ0v) is 17.2. The van der Waals surface area contributed by atoms with Gasteiger partial charge >= 0.3 is 0 Å². The molecule has 148 valence electrons. The molecule has 2 aliphatic rings. The molecule has 4 rings (SSSR count). The number of rotatable bonds is 2. The van der Waals surface area contributed by atoms with Gasteiger partial charge in [0.1, 0.15) is 5.76 Å². The maximum Gasteiger partial charge on any atom is 0.289 e. The third-order valence-corrected chi connectivity index (χ3v) is 6.41. The van der Waals surface area contributed by atoms with Crippen LogP contribution in [0.5, 0.6) is 0 Å². The fourth-order valence-corrected chi connectivity index (χ4v) is 4.79. The number of fused-ring (bicyclic) bond motifs is 1. The summed E-state index contributed by atoms with van der Waals surface area (Å²) in [7, 11) is 0. The first kappa shape index (κ1) is 18.9. The van der Waals surface area contributed by atoms with E-state index in [4.69, 9.17) is 4.42 Å². The highest BCUT2D eigenvalue weighted by Crippen LogP contribution is 2.38. The van der Waals surface area contributed by atoms with Gasteiger partial charge in [0.15, 0.2) is 11.5 Å². The monoisotopic (exact) mass is 400 g/mol. The second-order valence-corrected chi connectivity index (χ2v) is 9.30. The Labute approximate surface area is 168 Å². The number of furan rings is 1. The molecule has 0 spiro atoms. The predicted molar refractivity (Wildman–Crippen MR) is 106 cm³/mol. The largest absolute Gasteiger partial charge is 0.455 e. The van der Waals surface area contributed by atoms with Crippen LogP contribution in [0.2, 0.25) is 0 Å². The van der Waals surface area contributed by atoms with Gasteiger partial charge in [-0.15, -0.1) is 11.3 Å². The molecule has 1 aliphatic heterocycles. The first-order chi connectivity index (χ1) is 13.3. The van der Waals surface area contributed by atoms with Crippen LogP contribution in [0.1, 0.15) is 62.2 Å². The molecular formula is C21H24N2O4S. The van der Waals surface area contributed by atoms with E-state index in [1.807, 2.05) is 31.4 Å². The maximum absolute atomic E-state index is 13.0. The Hall–Kier alpha value is -2.41. The highest BCUT2D eigenvalue weighted by atomic mass is 32.1. The van der Waals surface area contributed by atoms with Crippen LogP contribution < -0.4 is 0 Å². The van der Waals surface area contributed by atoms with Crippen LogP contribution in [0.15, 0.2) is 21.9 Å². The summed E-state index contributed by atoms with van der Waals surface area (Å²) in [4.78, 5) is 42.2. The molecular weight excluding hydrogens is 376 g/mol. The molecule has 0 aromatic carbocycles. The zero-order chi connectivity index (χ0) is 20.1. The number of piperazine rings is 1. The molecule has 1 fully saturated rings. The topological polar surface area (TPSA) is 70.8 Å². The normalized spacial score (nSPS) is 18.9. The summed E-state index contributed by atoms with van der Waals surface area (Å²) in [5.41, 5.74) is 1.09. The van der Waals surface area contributed by atoms with Gasteiger partial charge in [0.25, 0.3) is 11.8 Å². The highest BCUT2D eigenvalue weighted by molar-refractivity contribution is 7.12. The standard InChI is InChI=1S/C21H24N2O4S/c1-13-17-14(24)11-21(2,3)12-15(17)27-18(13)20(26)23-8-6-22(7-9-23)19(25)16-5-4-10-28-16/h4-5,10H,6-9,11-12H2,1-3H3. The molecule has 0 bridgehead atoms. The molecule has 0 N–H and O–H groups in total. The molecule has 0 unspecified atom stereocenters. The van der Waals surface area contributed by atoms with Crippen molar-refractivity contribution in [3.05, 3.63) is 45.0 Å². The van der Waals surface area contributed by atoms with Crippen LogP contribution in [0.25, 0.3) is 0 Å². The second-order valence-electron chi connectivity index (χ2n) is 8.36. The number of carbonyl (C=O) groups is 3. The van der Waals surface area contributed by atoms with E-state index in [9.17, 15) is 14.4 Å². The van der Waals surface area contributed by atoms with Crippen molar-refractivity contribution in [2.45, 2.75) is 33.6 Å². The van der Waals surface area contributed by atoms with Gasteiger partial charge < -0.3 is 14.2 Å². The first-order valence-electron chi connectivity index (χ1n) is 9.54. The van der Waals surface area contributed by atoms with Gasteiger partial charge in [-0.2, -0.15) is 0 Å². The minimum Gasteiger partial charge on any atom is -0.455 e. The maximum atomic E-state index is 13.0. The summed E-state index contributed by atoms with van der Waals surface area (Å²) in [5, 5.41) is 1.89. The Morgan fingerprint density at radius 2 is 1.71 bits per heavy atom. The van der Waals surface area contributed by atoms with Crippen molar-refractivity contribution in [1.82, 2.24) is 9.80 Å². The number of thiophene rings is 1. The number of carbonyl (C=O) groups excluding carboxylic acids is 3. The van der Waals surface area contributed by atoms with E-state index in [-0.39, 0.29) is 28.8 Å². The average Bonchev–Trinajstić information content (AvgIpc) is 3.28. The minimum absolute atomic E-state index is 0.0135. The van der Waals surface area contributed by atoms with Crippen LogP contribution in [-0.4, -0.2) is 53.6 Å². The van der Waals surface area contributed by atoms with Crippen LogP contribution in [0.3, 0.4) is 0 Å². The van der Waals surface area contributed by atoms with Crippen LogP contribution in [0, 0.1) is 12.3 Å².